The Kier molecular flexibility index (Phi) is 46.8. The van der Waals surface area contributed by atoms with Crippen molar-refractivity contribution in [2.24, 2.45) is 0 Å². The molecule has 8 bridgehead atoms. The molecule has 0 amide bonds. The number of alkyl halides is 26. The highest BCUT2D eigenvalue weighted by atomic mass is 32.2. The van der Waals surface area contributed by atoms with E-state index in [1.807, 2.05) is 0 Å². The van der Waals surface area contributed by atoms with Gasteiger partial charge in [-0.1, -0.05) is 74.8 Å². The van der Waals surface area contributed by atoms with Gasteiger partial charge < -0.3 is 37.9 Å². The van der Waals surface area contributed by atoms with Gasteiger partial charge in [0.25, 0.3) is 59.2 Å². The summed E-state index contributed by atoms with van der Waals surface area (Å²) in [5.74, 6) is -46.3. The Hall–Kier alpha value is -7.50. The van der Waals surface area contributed by atoms with Crippen LogP contribution in [0.4, 0.5) is 114 Å². The van der Waals surface area contributed by atoms with Gasteiger partial charge in [-0.05, 0) is 191 Å². The zero-order valence-electron chi connectivity index (χ0n) is 73.8. The summed E-state index contributed by atoms with van der Waals surface area (Å²) >= 11 is 4.13. The minimum Gasteiger partial charge on any atom is -0.489 e. The Morgan fingerprint density at radius 2 is 0.463 bits per heavy atom. The summed E-state index contributed by atoms with van der Waals surface area (Å²) in [5.41, 5.74) is 4.68. The molecule has 0 heterocycles. The summed E-state index contributed by atoms with van der Waals surface area (Å²) < 4.78 is 416. The molecule has 12 nitrogen and oxygen atoms in total. The largest absolute Gasteiger partial charge is 0.489 e. The van der Waals surface area contributed by atoms with Crippen LogP contribution in [0.1, 0.15) is 196 Å². The Morgan fingerprint density at radius 3 is 0.664 bits per heavy atom. The number of carbonyl (C=O) groups excluding carboxylic acids is 4. The molecule has 0 radical (unpaired) electrons. The zero-order chi connectivity index (χ0) is 100. The molecule has 134 heavy (non-hydrogen) atoms. The lowest BCUT2D eigenvalue weighted by Gasteiger charge is -2.25. The van der Waals surface area contributed by atoms with Crippen LogP contribution in [-0.2, 0) is 89.5 Å². The van der Waals surface area contributed by atoms with Gasteiger partial charge in [-0.25, -0.2) is 107 Å². The van der Waals surface area contributed by atoms with Crippen molar-refractivity contribution in [2.45, 2.75) is 252 Å². The molecule has 0 N–H and O–H groups in total. The number of thioether (sulfide) groups is 4. The number of carbonyl (C=O) groups is 4. The van der Waals surface area contributed by atoms with E-state index in [1.165, 1.54) is 0 Å². The molecule has 0 spiro atoms. The lowest BCUT2D eigenvalue weighted by molar-refractivity contribution is -0.208. The molecule has 5 rings (SSSR count). The highest BCUT2D eigenvalue weighted by Crippen LogP contribution is 2.48. The van der Waals surface area contributed by atoms with Crippen LogP contribution in [0.5, 0.6) is 23.0 Å². The summed E-state index contributed by atoms with van der Waals surface area (Å²) in [6, 6.07) is 13.8. The minimum absolute atomic E-state index is 0.0670. The second-order valence-electron chi connectivity index (χ2n) is 32.8. The summed E-state index contributed by atoms with van der Waals surface area (Å²) in [7, 11) is 0. The zero-order valence-corrected chi connectivity index (χ0v) is 77.1. The molecule has 1 aliphatic carbocycles. The smallest absolute Gasteiger partial charge is 0.394 e. The molecule has 0 saturated carbocycles. The average molecular weight is 2030 g/mol. The lowest BCUT2D eigenvalue weighted by atomic mass is 9.87. The maximum absolute atomic E-state index is 15.2. The van der Waals surface area contributed by atoms with E-state index < -0.39 is 250 Å². The van der Waals surface area contributed by atoms with Gasteiger partial charge in [-0.2, -0.15) is 73.4 Å². The number of benzene rings is 4. The van der Waals surface area contributed by atoms with Gasteiger partial charge in [0.1, 0.15) is 88.7 Å². The first-order valence-electron chi connectivity index (χ1n) is 42.7. The van der Waals surface area contributed by atoms with Crippen LogP contribution in [0, 0.1) is 0 Å². The Labute approximate surface area is 778 Å². The van der Waals surface area contributed by atoms with Crippen LogP contribution in [0.3, 0.4) is 0 Å². The number of hydrogen-bond acceptors (Lipinski definition) is 16. The third-order valence-electron chi connectivity index (χ3n) is 19.7. The maximum Gasteiger partial charge on any atom is 0.394 e. The topological polar surface area (TPSA) is 142 Å². The van der Waals surface area contributed by atoms with E-state index in [2.05, 4.69) is 26.3 Å². The van der Waals surface area contributed by atoms with Gasteiger partial charge in [0.2, 0.25) is 0 Å². The monoisotopic (exact) mass is 2030 g/mol. The fourth-order valence-corrected chi connectivity index (χ4v) is 18.5. The molecular formula is C92H110F26O12S4. The normalized spacial score (nSPS) is 13.4. The van der Waals surface area contributed by atoms with Crippen LogP contribution in [-0.4, -0.2) is 194 Å². The first kappa shape index (κ1) is 117. The lowest BCUT2D eigenvalue weighted by Crippen LogP contribution is -2.34. The molecule has 1 aliphatic rings. The number of hydrogen-bond donors (Lipinski definition) is 0. The summed E-state index contributed by atoms with van der Waals surface area (Å²) in [4.78, 5) is 50.7. The highest BCUT2D eigenvalue weighted by molar-refractivity contribution is 7.99. The second-order valence-corrected chi connectivity index (χ2v) is 37.7. The molecule has 42 heteroatoms. The van der Waals surface area contributed by atoms with Gasteiger partial charge in [0.15, 0.2) is 0 Å². The highest BCUT2D eigenvalue weighted by Gasteiger charge is 2.53. The number of aryl methyl sites for hydroxylation is 4. The van der Waals surface area contributed by atoms with E-state index >= 15 is 17.6 Å². The molecule has 4 aromatic carbocycles. The third kappa shape index (κ3) is 48.2. The van der Waals surface area contributed by atoms with Gasteiger partial charge in [-0.3, -0.25) is 0 Å². The van der Waals surface area contributed by atoms with Crippen LogP contribution < -0.4 is 18.9 Å². The summed E-state index contributed by atoms with van der Waals surface area (Å²) in [6.45, 7) is 10.9. The molecule has 0 unspecified atom stereocenters. The number of halogens is 26. The van der Waals surface area contributed by atoms with Gasteiger partial charge in [0.05, 0.1) is 38.5 Å². The van der Waals surface area contributed by atoms with Crippen molar-refractivity contribution < 1.29 is 171 Å². The first-order chi connectivity index (χ1) is 62.2. The SMILES string of the molecule is C=CC(=O)OCCOc1c2cc(CCCSCCCC(F)(F)CC(F)(F)CC(F)(F)F)cc1Cc1cc(CCCSCCC(F)(F)CC(F)(F)CC(C)(F)F)cc(c1OCCOC(=O)C=C)Cc1cc(CCCSCCC(F)(F)CC(F)(F)CC(C)(F)F)cc(c1OCCOC(=O)C=C)Cc1cc(CCCSCCCC(F)(F)CC(F)(F)CC(F)(F)F)cc(c1OCCOC(=O)C=C)C2. The Balaban J connectivity index is 1.88. The van der Waals surface area contributed by atoms with Crippen LogP contribution in [0.25, 0.3) is 0 Å². The predicted molar refractivity (Wildman–Crippen MR) is 464 cm³/mol. The molecule has 756 valence electrons. The van der Waals surface area contributed by atoms with E-state index in [1.54, 1.807) is 48.5 Å². The van der Waals surface area contributed by atoms with Crippen LogP contribution >= 0.6 is 47.0 Å². The van der Waals surface area contributed by atoms with Crippen molar-refractivity contribution >= 4 is 70.9 Å². The quantitative estimate of drug-likeness (QED) is 0.0120. The van der Waals surface area contributed by atoms with Crippen LogP contribution in [0.2, 0.25) is 0 Å². The number of fused-ring (bicyclic) bond motifs is 8. The van der Waals surface area contributed by atoms with Crippen molar-refractivity contribution in [3.63, 3.8) is 0 Å². The summed E-state index contributed by atoms with van der Waals surface area (Å²) in [6.07, 6.45) is -31.2. The van der Waals surface area contributed by atoms with E-state index in [4.69, 9.17) is 37.9 Å². The van der Waals surface area contributed by atoms with Crippen molar-refractivity contribution in [1.82, 2.24) is 0 Å². The molecule has 0 aliphatic heterocycles. The maximum atomic E-state index is 15.2. The second kappa shape index (κ2) is 53.6. The molecular weight excluding hydrogens is 1920 g/mol. The van der Waals surface area contributed by atoms with Crippen LogP contribution in [0.15, 0.2) is 99.2 Å². The average Bonchev–Trinajstić information content (AvgIpc) is 0.769. The predicted octanol–water partition coefficient (Wildman–Crippen LogP) is 26.4. The fourth-order valence-electron chi connectivity index (χ4n) is 14.7. The van der Waals surface area contributed by atoms with Crippen molar-refractivity contribution in [3.05, 3.63) is 166 Å². The molecule has 0 fully saturated rings. The standard InChI is InChI=1S/C92H110F26O12S4/c1-7-73(119)123-25-29-127-77-65-41-61(17-11-33-131-37-15-21-83(97,98)55-89(109,110)59-91(113,114)115)43-67(77)50-69-45-63(19-13-35-133-39-23-85(101,102)57-87(105,106)53-81(5,93)94)47-71(79(69)129-31-27-125-75(121)9-3)52-72-48-64(20-14-36-134-40-24-86(103,104)58-88(107,108)54-82(6,95)96)46-70(80(72)130-32-28-126-76(122)10-4)51-68-44-62(42-66(49-65)78(68)128-30-26-124-74(120)8-2)18-12-34-132-38-16-22-84(99,100)56-90(111,112)60-92(116,117)118/h7-10,41-48H,1-4,11-40,49-60H2,5-6H3. The van der Waals surface area contributed by atoms with E-state index in [9.17, 15) is 116 Å². The number of esters is 4. The van der Waals surface area contributed by atoms with Crippen molar-refractivity contribution in [2.75, 3.05) is 98.9 Å². The van der Waals surface area contributed by atoms with E-state index in [-0.39, 0.29) is 148 Å². The van der Waals surface area contributed by atoms with Crippen molar-refractivity contribution in [3.8, 4) is 23.0 Å². The van der Waals surface area contributed by atoms with Gasteiger partial charge >= 0.3 is 36.2 Å². The van der Waals surface area contributed by atoms with Gasteiger partial charge in [0, 0.05) is 75.7 Å². The van der Waals surface area contributed by atoms with Gasteiger partial charge in [-0.15, -0.1) is 0 Å². The minimum atomic E-state index is -5.44. The summed E-state index contributed by atoms with van der Waals surface area (Å²) in [5, 5.41) is 0. The van der Waals surface area contributed by atoms with E-state index in [0.717, 1.165) is 71.4 Å². The number of rotatable bonds is 64. The third-order valence-corrected chi connectivity index (χ3v) is 24.2. The molecule has 4 aromatic rings. The molecule has 0 saturated heterocycles. The Morgan fingerprint density at radius 1 is 0.269 bits per heavy atom. The number of ether oxygens (including phenoxy) is 8. The fraction of sp³-hybridized carbons (Fsp3) is 0.609. The van der Waals surface area contributed by atoms with Crippen molar-refractivity contribution in [1.29, 1.82) is 0 Å². The first-order valence-corrected chi connectivity index (χ1v) is 47.3. The molecule has 0 atom stereocenters. The Bertz CT molecular complexity index is 4150. The molecule has 0 aromatic heterocycles. The van der Waals surface area contributed by atoms with E-state index in [0.29, 0.717) is 66.8 Å².